The summed E-state index contributed by atoms with van der Waals surface area (Å²) in [5, 5.41) is 0. The van der Waals surface area contributed by atoms with Gasteiger partial charge in [0.1, 0.15) is 5.82 Å². The molecule has 0 bridgehead atoms. The SMILES string of the molecule is CC(=O)c1cccnc1N(C)CCCN(C)C. The van der Waals surface area contributed by atoms with Crippen LogP contribution in [0.25, 0.3) is 0 Å². The van der Waals surface area contributed by atoms with Crippen molar-refractivity contribution in [3.05, 3.63) is 23.9 Å². The molecule has 17 heavy (non-hydrogen) atoms. The maximum atomic E-state index is 11.5. The minimum Gasteiger partial charge on any atom is -0.359 e. The number of anilines is 1. The summed E-state index contributed by atoms with van der Waals surface area (Å²) >= 11 is 0. The third-order valence-electron chi connectivity index (χ3n) is 2.63. The molecule has 0 spiro atoms. The first-order valence-corrected chi connectivity index (χ1v) is 5.84. The Morgan fingerprint density at radius 1 is 1.29 bits per heavy atom. The third kappa shape index (κ3) is 4.15. The normalized spacial score (nSPS) is 10.6. The van der Waals surface area contributed by atoms with Crippen molar-refractivity contribution in [2.75, 3.05) is 39.1 Å². The average Bonchev–Trinajstić information content (AvgIpc) is 2.28. The summed E-state index contributed by atoms with van der Waals surface area (Å²) in [4.78, 5) is 20.0. The zero-order valence-corrected chi connectivity index (χ0v) is 11.1. The second kappa shape index (κ2) is 6.35. The van der Waals surface area contributed by atoms with E-state index in [4.69, 9.17) is 0 Å². The lowest BCUT2D eigenvalue weighted by Gasteiger charge is -2.21. The molecule has 0 fully saturated rings. The molecule has 0 N–H and O–H groups in total. The number of rotatable bonds is 6. The van der Waals surface area contributed by atoms with Crippen molar-refractivity contribution in [3.63, 3.8) is 0 Å². The van der Waals surface area contributed by atoms with Gasteiger partial charge in [0.15, 0.2) is 5.78 Å². The lowest BCUT2D eigenvalue weighted by atomic mass is 10.2. The first-order valence-electron chi connectivity index (χ1n) is 5.84. The summed E-state index contributed by atoms with van der Waals surface area (Å²) in [6.45, 7) is 3.51. The molecule has 0 aliphatic heterocycles. The van der Waals surface area contributed by atoms with Gasteiger partial charge in [-0.3, -0.25) is 4.79 Å². The monoisotopic (exact) mass is 235 g/mol. The van der Waals surface area contributed by atoms with Gasteiger partial charge in [0.25, 0.3) is 0 Å². The second-order valence-corrected chi connectivity index (χ2v) is 4.51. The number of carbonyl (C=O) groups is 1. The summed E-state index contributed by atoms with van der Waals surface area (Å²) in [5.41, 5.74) is 0.694. The van der Waals surface area contributed by atoms with E-state index in [1.807, 2.05) is 18.0 Å². The van der Waals surface area contributed by atoms with Crippen molar-refractivity contribution in [3.8, 4) is 0 Å². The van der Waals surface area contributed by atoms with Crippen molar-refractivity contribution < 1.29 is 4.79 Å². The molecule has 0 amide bonds. The van der Waals surface area contributed by atoms with E-state index < -0.39 is 0 Å². The fourth-order valence-corrected chi connectivity index (χ4v) is 1.71. The van der Waals surface area contributed by atoms with Crippen LogP contribution in [0.2, 0.25) is 0 Å². The van der Waals surface area contributed by atoms with E-state index in [1.165, 1.54) is 0 Å². The number of hydrogen-bond acceptors (Lipinski definition) is 4. The van der Waals surface area contributed by atoms with Gasteiger partial charge >= 0.3 is 0 Å². The summed E-state index contributed by atoms with van der Waals surface area (Å²) in [6.07, 6.45) is 2.78. The Morgan fingerprint density at radius 3 is 2.59 bits per heavy atom. The van der Waals surface area contributed by atoms with Crippen LogP contribution in [-0.4, -0.2) is 49.9 Å². The van der Waals surface area contributed by atoms with Crippen LogP contribution in [-0.2, 0) is 0 Å². The van der Waals surface area contributed by atoms with Crippen LogP contribution in [0.5, 0.6) is 0 Å². The van der Waals surface area contributed by atoms with Crippen molar-refractivity contribution in [1.29, 1.82) is 0 Å². The Bertz CT molecular complexity index is 377. The fourth-order valence-electron chi connectivity index (χ4n) is 1.71. The highest BCUT2D eigenvalue weighted by atomic mass is 16.1. The Hall–Kier alpha value is -1.42. The van der Waals surface area contributed by atoms with E-state index >= 15 is 0 Å². The largest absolute Gasteiger partial charge is 0.359 e. The number of Topliss-reactive ketones (excluding diaryl/α,β-unsaturated/α-hetero) is 1. The molecule has 0 saturated heterocycles. The standard InChI is InChI=1S/C13H21N3O/c1-11(17)12-7-5-8-14-13(12)16(4)10-6-9-15(2)3/h5,7-8H,6,9-10H2,1-4H3. The van der Waals surface area contributed by atoms with Crippen molar-refractivity contribution >= 4 is 11.6 Å². The van der Waals surface area contributed by atoms with Crippen molar-refractivity contribution in [2.45, 2.75) is 13.3 Å². The number of aromatic nitrogens is 1. The minimum atomic E-state index is 0.0626. The lowest BCUT2D eigenvalue weighted by molar-refractivity contribution is 0.101. The van der Waals surface area contributed by atoms with Crippen LogP contribution < -0.4 is 4.90 Å². The number of hydrogen-bond donors (Lipinski definition) is 0. The Morgan fingerprint density at radius 2 is 2.00 bits per heavy atom. The molecule has 1 aromatic heterocycles. The quantitative estimate of drug-likeness (QED) is 0.703. The predicted molar refractivity (Wildman–Crippen MR) is 70.7 cm³/mol. The fraction of sp³-hybridized carbons (Fsp3) is 0.538. The zero-order chi connectivity index (χ0) is 12.8. The van der Waals surface area contributed by atoms with Gasteiger partial charge < -0.3 is 9.80 Å². The second-order valence-electron chi connectivity index (χ2n) is 4.51. The molecule has 0 atom stereocenters. The van der Waals surface area contributed by atoms with Gasteiger partial charge in [0.2, 0.25) is 0 Å². The number of pyridine rings is 1. The van der Waals surface area contributed by atoms with Crippen molar-refractivity contribution in [1.82, 2.24) is 9.88 Å². The van der Waals surface area contributed by atoms with E-state index in [1.54, 1.807) is 19.2 Å². The molecule has 0 aliphatic rings. The summed E-state index contributed by atoms with van der Waals surface area (Å²) in [6, 6.07) is 3.63. The zero-order valence-electron chi connectivity index (χ0n) is 11.1. The number of nitrogens with zero attached hydrogens (tertiary/aromatic N) is 3. The molecular weight excluding hydrogens is 214 g/mol. The average molecular weight is 235 g/mol. The van der Waals surface area contributed by atoms with Gasteiger partial charge in [0, 0.05) is 19.8 Å². The first kappa shape index (κ1) is 13.6. The molecule has 4 heteroatoms. The highest BCUT2D eigenvalue weighted by molar-refractivity contribution is 5.98. The molecule has 0 unspecified atom stereocenters. The van der Waals surface area contributed by atoms with Crippen LogP contribution in [0.1, 0.15) is 23.7 Å². The highest BCUT2D eigenvalue weighted by Gasteiger charge is 2.11. The van der Waals surface area contributed by atoms with Gasteiger partial charge in [-0.05, 0) is 46.1 Å². The third-order valence-corrected chi connectivity index (χ3v) is 2.63. The Labute approximate surface area is 103 Å². The maximum Gasteiger partial charge on any atom is 0.163 e. The molecule has 0 aromatic carbocycles. The van der Waals surface area contributed by atoms with Gasteiger partial charge in [-0.1, -0.05) is 0 Å². The molecule has 0 radical (unpaired) electrons. The molecule has 0 saturated carbocycles. The van der Waals surface area contributed by atoms with Crippen LogP contribution in [0, 0.1) is 0 Å². The van der Waals surface area contributed by atoms with E-state index in [9.17, 15) is 4.79 Å². The minimum absolute atomic E-state index is 0.0626. The van der Waals surface area contributed by atoms with Gasteiger partial charge in [-0.15, -0.1) is 0 Å². The lowest BCUT2D eigenvalue weighted by Crippen LogP contribution is -2.25. The van der Waals surface area contributed by atoms with E-state index in [0.29, 0.717) is 5.56 Å². The molecule has 0 aliphatic carbocycles. The van der Waals surface area contributed by atoms with Crippen LogP contribution in [0.4, 0.5) is 5.82 Å². The van der Waals surface area contributed by atoms with Gasteiger partial charge in [-0.25, -0.2) is 4.98 Å². The highest BCUT2D eigenvalue weighted by Crippen LogP contribution is 2.16. The molecular formula is C13H21N3O. The maximum absolute atomic E-state index is 11.5. The van der Waals surface area contributed by atoms with Gasteiger partial charge in [-0.2, -0.15) is 0 Å². The summed E-state index contributed by atoms with van der Waals surface area (Å²) in [5.74, 6) is 0.839. The van der Waals surface area contributed by atoms with Crippen LogP contribution >= 0.6 is 0 Å². The summed E-state index contributed by atoms with van der Waals surface area (Å²) < 4.78 is 0. The molecule has 1 aromatic rings. The Balaban J connectivity index is 2.68. The summed E-state index contributed by atoms with van der Waals surface area (Å²) in [7, 11) is 6.09. The smallest absolute Gasteiger partial charge is 0.163 e. The molecule has 1 rings (SSSR count). The first-order chi connectivity index (χ1) is 8.02. The van der Waals surface area contributed by atoms with E-state index in [0.717, 1.165) is 25.3 Å². The number of carbonyl (C=O) groups excluding carboxylic acids is 1. The Kier molecular flexibility index (Phi) is 5.10. The van der Waals surface area contributed by atoms with Crippen LogP contribution in [0.3, 0.4) is 0 Å². The van der Waals surface area contributed by atoms with Crippen molar-refractivity contribution in [2.24, 2.45) is 0 Å². The molecule has 1 heterocycles. The topological polar surface area (TPSA) is 36.4 Å². The van der Waals surface area contributed by atoms with E-state index in [2.05, 4.69) is 24.0 Å². The van der Waals surface area contributed by atoms with E-state index in [-0.39, 0.29) is 5.78 Å². The predicted octanol–water partition coefficient (Wildman–Crippen LogP) is 1.67. The molecule has 4 nitrogen and oxygen atoms in total. The van der Waals surface area contributed by atoms with Crippen LogP contribution in [0.15, 0.2) is 18.3 Å². The van der Waals surface area contributed by atoms with Gasteiger partial charge in [0.05, 0.1) is 5.56 Å². The molecule has 94 valence electrons. The number of ketones is 1.